The highest BCUT2D eigenvalue weighted by Crippen LogP contribution is 2.38. The average Bonchev–Trinajstić information content (AvgIpc) is 3.07. The van der Waals surface area contributed by atoms with E-state index in [1.54, 1.807) is 0 Å². The van der Waals surface area contributed by atoms with Crippen LogP contribution in [0.3, 0.4) is 0 Å². The van der Waals surface area contributed by atoms with Crippen molar-refractivity contribution in [3.63, 3.8) is 0 Å². The third-order valence-electron chi connectivity index (χ3n) is 4.52. The summed E-state index contributed by atoms with van der Waals surface area (Å²) in [6.45, 7) is 1.12. The SMILES string of the molecule is COC(C[C@@H]1CCCN1)(c1ccccc1)c1ccccc1. The predicted octanol–water partition coefficient (Wildman–Crippen LogP) is 3.72. The van der Waals surface area contributed by atoms with E-state index in [9.17, 15) is 0 Å². The molecule has 1 heterocycles. The molecule has 0 unspecified atom stereocenters. The van der Waals surface area contributed by atoms with Crippen LogP contribution in [0.5, 0.6) is 0 Å². The first-order chi connectivity index (χ1) is 10.3. The van der Waals surface area contributed by atoms with Gasteiger partial charge in [0.05, 0.1) is 0 Å². The molecule has 0 bridgehead atoms. The van der Waals surface area contributed by atoms with Crippen molar-refractivity contribution in [3.8, 4) is 0 Å². The topological polar surface area (TPSA) is 21.3 Å². The van der Waals surface area contributed by atoms with Crippen molar-refractivity contribution >= 4 is 0 Å². The zero-order valence-corrected chi connectivity index (χ0v) is 12.6. The molecule has 0 amide bonds. The summed E-state index contributed by atoms with van der Waals surface area (Å²) in [6, 6.07) is 21.7. The zero-order valence-electron chi connectivity index (χ0n) is 12.6. The van der Waals surface area contributed by atoms with Crippen LogP contribution in [0.2, 0.25) is 0 Å². The lowest BCUT2D eigenvalue weighted by atomic mass is 9.80. The quantitative estimate of drug-likeness (QED) is 0.902. The van der Waals surface area contributed by atoms with Crippen molar-refractivity contribution in [1.29, 1.82) is 0 Å². The number of hydrogen-bond acceptors (Lipinski definition) is 2. The van der Waals surface area contributed by atoms with E-state index in [1.165, 1.54) is 24.0 Å². The van der Waals surface area contributed by atoms with Crippen molar-refractivity contribution in [2.24, 2.45) is 0 Å². The Hall–Kier alpha value is -1.64. The van der Waals surface area contributed by atoms with E-state index in [-0.39, 0.29) is 5.60 Å². The maximum absolute atomic E-state index is 6.13. The number of ether oxygens (including phenoxy) is 1. The van der Waals surface area contributed by atoms with Crippen molar-refractivity contribution < 1.29 is 4.74 Å². The molecule has 110 valence electrons. The van der Waals surface area contributed by atoms with Gasteiger partial charge in [0.2, 0.25) is 0 Å². The highest BCUT2D eigenvalue weighted by atomic mass is 16.5. The second-order valence-electron chi connectivity index (χ2n) is 5.76. The van der Waals surface area contributed by atoms with Gasteiger partial charge in [-0.3, -0.25) is 0 Å². The van der Waals surface area contributed by atoms with Gasteiger partial charge in [-0.2, -0.15) is 0 Å². The summed E-state index contributed by atoms with van der Waals surface area (Å²) < 4.78 is 6.13. The molecule has 21 heavy (non-hydrogen) atoms. The van der Waals surface area contributed by atoms with Crippen LogP contribution in [0.25, 0.3) is 0 Å². The van der Waals surface area contributed by atoms with E-state index >= 15 is 0 Å². The number of nitrogens with one attached hydrogen (secondary N) is 1. The Balaban J connectivity index is 2.03. The second-order valence-corrected chi connectivity index (χ2v) is 5.76. The molecule has 2 aromatic carbocycles. The first-order valence-corrected chi connectivity index (χ1v) is 7.75. The number of hydrogen-bond donors (Lipinski definition) is 1. The van der Waals surface area contributed by atoms with Gasteiger partial charge >= 0.3 is 0 Å². The van der Waals surface area contributed by atoms with Gasteiger partial charge in [0.15, 0.2) is 0 Å². The van der Waals surface area contributed by atoms with Crippen LogP contribution in [-0.2, 0) is 10.3 Å². The van der Waals surface area contributed by atoms with Crippen LogP contribution in [0.1, 0.15) is 30.4 Å². The van der Waals surface area contributed by atoms with E-state index in [0.717, 1.165) is 13.0 Å². The average molecular weight is 281 g/mol. The summed E-state index contributed by atoms with van der Waals surface area (Å²) in [5, 5.41) is 3.61. The Labute approximate surface area is 127 Å². The molecule has 1 aliphatic heterocycles. The van der Waals surface area contributed by atoms with Crippen LogP contribution >= 0.6 is 0 Å². The number of benzene rings is 2. The summed E-state index contributed by atoms with van der Waals surface area (Å²) in [4.78, 5) is 0. The minimum absolute atomic E-state index is 0.371. The molecule has 1 saturated heterocycles. The maximum atomic E-state index is 6.13. The molecule has 0 aromatic heterocycles. The summed E-state index contributed by atoms with van der Waals surface area (Å²) in [5.41, 5.74) is 2.09. The highest BCUT2D eigenvalue weighted by Gasteiger charge is 2.37. The van der Waals surface area contributed by atoms with E-state index in [2.05, 4.69) is 66.0 Å². The maximum Gasteiger partial charge on any atom is 0.119 e. The van der Waals surface area contributed by atoms with Crippen LogP contribution in [0, 0.1) is 0 Å². The minimum atomic E-state index is -0.371. The monoisotopic (exact) mass is 281 g/mol. The zero-order chi connectivity index (χ0) is 14.5. The number of rotatable bonds is 5. The Kier molecular flexibility index (Phi) is 4.37. The molecule has 1 aliphatic rings. The molecule has 0 saturated carbocycles. The summed E-state index contributed by atoms with van der Waals surface area (Å²) >= 11 is 0. The Morgan fingerprint density at radius 2 is 1.57 bits per heavy atom. The largest absolute Gasteiger partial charge is 0.369 e. The molecule has 1 atom stereocenters. The van der Waals surface area contributed by atoms with Crippen LogP contribution in [0.4, 0.5) is 0 Å². The van der Waals surface area contributed by atoms with Gasteiger partial charge in [-0.05, 0) is 30.5 Å². The first-order valence-electron chi connectivity index (χ1n) is 7.75. The molecule has 1 N–H and O–H groups in total. The van der Waals surface area contributed by atoms with Crippen LogP contribution in [-0.4, -0.2) is 19.7 Å². The van der Waals surface area contributed by atoms with E-state index < -0.39 is 0 Å². The van der Waals surface area contributed by atoms with Gasteiger partial charge in [-0.15, -0.1) is 0 Å². The normalized spacial score (nSPS) is 18.8. The number of methoxy groups -OCH3 is 1. The van der Waals surface area contributed by atoms with E-state index in [0.29, 0.717) is 6.04 Å². The fourth-order valence-corrected chi connectivity index (χ4v) is 3.41. The van der Waals surface area contributed by atoms with Gasteiger partial charge in [-0.1, -0.05) is 60.7 Å². The van der Waals surface area contributed by atoms with E-state index in [1.807, 2.05) is 7.11 Å². The van der Waals surface area contributed by atoms with Gasteiger partial charge in [0.1, 0.15) is 5.60 Å². The van der Waals surface area contributed by atoms with Gasteiger partial charge in [-0.25, -0.2) is 0 Å². The lowest BCUT2D eigenvalue weighted by Crippen LogP contribution is -2.37. The molecule has 1 fully saturated rings. The Morgan fingerprint density at radius 1 is 1.00 bits per heavy atom. The van der Waals surface area contributed by atoms with Crippen LogP contribution in [0.15, 0.2) is 60.7 Å². The molecule has 0 spiro atoms. The Bertz CT molecular complexity index is 507. The Morgan fingerprint density at radius 3 is 2.00 bits per heavy atom. The van der Waals surface area contributed by atoms with Gasteiger partial charge < -0.3 is 10.1 Å². The van der Waals surface area contributed by atoms with Gasteiger partial charge in [0.25, 0.3) is 0 Å². The van der Waals surface area contributed by atoms with Gasteiger partial charge in [0, 0.05) is 19.6 Å². The molecular formula is C19H23NO. The highest BCUT2D eigenvalue weighted by molar-refractivity contribution is 5.36. The molecule has 2 heteroatoms. The van der Waals surface area contributed by atoms with Crippen molar-refractivity contribution in [3.05, 3.63) is 71.8 Å². The molecular weight excluding hydrogens is 258 g/mol. The fourth-order valence-electron chi connectivity index (χ4n) is 3.41. The van der Waals surface area contributed by atoms with Crippen molar-refractivity contribution in [1.82, 2.24) is 5.32 Å². The first kappa shape index (κ1) is 14.3. The molecule has 3 rings (SSSR count). The fraction of sp³-hybridized carbons (Fsp3) is 0.368. The van der Waals surface area contributed by atoms with E-state index in [4.69, 9.17) is 4.74 Å². The summed E-state index contributed by atoms with van der Waals surface area (Å²) in [7, 11) is 1.83. The lowest BCUT2D eigenvalue weighted by molar-refractivity contribution is 0.00736. The summed E-state index contributed by atoms with van der Waals surface area (Å²) in [5.74, 6) is 0. The predicted molar refractivity (Wildman–Crippen MR) is 86.3 cm³/mol. The third-order valence-corrected chi connectivity index (χ3v) is 4.52. The van der Waals surface area contributed by atoms with Crippen molar-refractivity contribution in [2.45, 2.75) is 30.9 Å². The molecule has 0 radical (unpaired) electrons. The summed E-state index contributed by atoms with van der Waals surface area (Å²) in [6.07, 6.45) is 3.45. The second kappa shape index (κ2) is 6.42. The molecule has 2 nitrogen and oxygen atoms in total. The molecule has 0 aliphatic carbocycles. The van der Waals surface area contributed by atoms with Crippen LogP contribution < -0.4 is 5.32 Å². The lowest BCUT2D eigenvalue weighted by Gasteiger charge is -2.36. The minimum Gasteiger partial charge on any atom is -0.369 e. The van der Waals surface area contributed by atoms with Crippen molar-refractivity contribution in [2.75, 3.05) is 13.7 Å². The smallest absolute Gasteiger partial charge is 0.119 e. The third kappa shape index (κ3) is 2.87. The molecule has 2 aromatic rings. The standard InChI is InChI=1S/C19H23NO/c1-21-19(15-18-13-8-14-20-18,16-9-4-2-5-10-16)17-11-6-3-7-12-17/h2-7,9-12,18,20H,8,13-15H2,1H3/t18-/m0/s1.